The van der Waals surface area contributed by atoms with Crippen molar-refractivity contribution in [1.29, 1.82) is 5.26 Å². The first-order chi connectivity index (χ1) is 7.90. The number of hydrogen-bond acceptors (Lipinski definition) is 3. The SMILES string of the molecule is CNC(C)(C)C(=O)Nc1ccc(C#N)cc1Cl. The fourth-order valence-electron chi connectivity index (χ4n) is 1.08. The van der Waals surface area contributed by atoms with Gasteiger partial charge < -0.3 is 10.6 Å². The number of amides is 1. The minimum Gasteiger partial charge on any atom is -0.323 e. The smallest absolute Gasteiger partial charge is 0.244 e. The van der Waals surface area contributed by atoms with Gasteiger partial charge in [-0.2, -0.15) is 5.26 Å². The maximum absolute atomic E-state index is 11.9. The summed E-state index contributed by atoms with van der Waals surface area (Å²) in [6.07, 6.45) is 0. The minimum atomic E-state index is -0.683. The molecule has 0 radical (unpaired) electrons. The van der Waals surface area contributed by atoms with Gasteiger partial charge in [-0.3, -0.25) is 4.79 Å². The van der Waals surface area contributed by atoms with Gasteiger partial charge in [0, 0.05) is 0 Å². The Morgan fingerprint density at radius 1 is 1.47 bits per heavy atom. The van der Waals surface area contributed by atoms with E-state index in [9.17, 15) is 4.79 Å². The standard InChI is InChI=1S/C12H14ClN3O/c1-12(2,15-3)11(17)16-10-5-4-8(7-14)6-9(10)13/h4-6,15H,1-3H3,(H,16,17). The van der Waals surface area contributed by atoms with E-state index in [4.69, 9.17) is 16.9 Å². The first-order valence-electron chi connectivity index (χ1n) is 5.10. The Hall–Kier alpha value is -1.57. The zero-order chi connectivity index (χ0) is 13.1. The zero-order valence-corrected chi connectivity index (χ0v) is 10.7. The Bertz CT molecular complexity index is 477. The first-order valence-corrected chi connectivity index (χ1v) is 5.48. The van der Waals surface area contributed by atoms with Crippen LogP contribution < -0.4 is 10.6 Å². The lowest BCUT2D eigenvalue weighted by Gasteiger charge is -2.23. The third kappa shape index (κ3) is 3.19. The van der Waals surface area contributed by atoms with E-state index >= 15 is 0 Å². The number of nitrogens with zero attached hydrogens (tertiary/aromatic N) is 1. The van der Waals surface area contributed by atoms with Crippen LogP contribution in [0.25, 0.3) is 0 Å². The summed E-state index contributed by atoms with van der Waals surface area (Å²) in [7, 11) is 1.71. The van der Waals surface area contributed by atoms with Crippen molar-refractivity contribution in [1.82, 2.24) is 5.32 Å². The van der Waals surface area contributed by atoms with Crippen LogP contribution in [-0.2, 0) is 4.79 Å². The monoisotopic (exact) mass is 251 g/mol. The molecule has 0 aliphatic carbocycles. The van der Waals surface area contributed by atoms with Crippen molar-refractivity contribution in [3.8, 4) is 6.07 Å². The number of carbonyl (C=O) groups is 1. The molecule has 0 heterocycles. The largest absolute Gasteiger partial charge is 0.323 e. The van der Waals surface area contributed by atoms with Crippen LogP contribution in [0.3, 0.4) is 0 Å². The number of rotatable bonds is 3. The number of likely N-dealkylation sites (N-methyl/N-ethyl adjacent to an activating group) is 1. The number of anilines is 1. The van der Waals surface area contributed by atoms with Gasteiger partial charge in [-0.1, -0.05) is 11.6 Å². The van der Waals surface area contributed by atoms with Gasteiger partial charge in [0.05, 0.1) is 27.9 Å². The Morgan fingerprint density at radius 3 is 2.59 bits per heavy atom. The average Bonchev–Trinajstić information content (AvgIpc) is 2.31. The van der Waals surface area contributed by atoms with Crippen LogP contribution in [0.15, 0.2) is 18.2 Å². The fourth-order valence-corrected chi connectivity index (χ4v) is 1.31. The lowest BCUT2D eigenvalue weighted by atomic mass is 10.1. The summed E-state index contributed by atoms with van der Waals surface area (Å²) in [4.78, 5) is 11.9. The van der Waals surface area contributed by atoms with Gasteiger partial charge in [0.15, 0.2) is 0 Å². The molecule has 1 amide bonds. The van der Waals surface area contributed by atoms with Crippen molar-refractivity contribution < 1.29 is 4.79 Å². The second kappa shape index (κ2) is 5.17. The second-order valence-corrected chi connectivity index (χ2v) is 4.54. The number of carbonyl (C=O) groups excluding carboxylic acids is 1. The van der Waals surface area contributed by atoms with Gasteiger partial charge in [0.1, 0.15) is 0 Å². The molecule has 0 saturated carbocycles. The fraction of sp³-hybridized carbons (Fsp3) is 0.333. The van der Waals surface area contributed by atoms with Crippen LogP contribution in [0.1, 0.15) is 19.4 Å². The summed E-state index contributed by atoms with van der Waals surface area (Å²) >= 11 is 5.96. The van der Waals surface area contributed by atoms with E-state index in [1.54, 1.807) is 33.0 Å². The van der Waals surface area contributed by atoms with Crippen molar-refractivity contribution in [2.75, 3.05) is 12.4 Å². The molecule has 0 unspecified atom stereocenters. The number of nitriles is 1. The van der Waals surface area contributed by atoms with E-state index in [1.165, 1.54) is 6.07 Å². The van der Waals surface area contributed by atoms with E-state index in [-0.39, 0.29) is 5.91 Å². The lowest BCUT2D eigenvalue weighted by Crippen LogP contribution is -2.47. The predicted molar refractivity (Wildman–Crippen MR) is 67.9 cm³/mol. The average molecular weight is 252 g/mol. The highest BCUT2D eigenvalue weighted by molar-refractivity contribution is 6.33. The molecular weight excluding hydrogens is 238 g/mol. The normalized spacial score (nSPS) is 10.8. The lowest BCUT2D eigenvalue weighted by molar-refractivity contribution is -0.121. The van der Waals surface area contributed by atoms with Crippen LogP contribution in [-0.4, -0.2) is 18.5 Å². The van der Waals surface area contributed by atoms with E-state index in [1.807, 2.05) is 6.07 Å². The molecule has 17 heavy (non-hydrogen) atoms. The van der Waals surface area contributed by atoms with Gasteiger partial charge in [-0.05, 0) is 39.1 Å². The molecule has 90 valence electrons. The molecule has 0 fully saturated rings. The molecular formula is C12H14ClN3O. The molecule has 0 spiro atoms. The first kappa shape index (κ1) is 13.5. The third-order valence-corrected chi connectivity index (χ3v) is 2.85. The topological polar surface area (TPSA) is 64.9 Å². The number of halogens is 1. The molecule has 2 N–H and O–H groups in total. The van der Waals surface area contributed by atoms with Crippen LogP contribution in [0.4, 0.5) is 5.69 Å². The van der Waals surface area contributed by atoms with Crippen molar-refractivity contribution in [2.45, 2.75) is 19.4 Å². The minimum absolute atomic E-state index is 0.188. The van der Waals surface area contributed by atoms with Gasteiger partial charge in [-0.15, -0.1) is 0 Å². The zero-order valence-electron chi connectivity index (χ0n) is 9.97. The molecule has 0 aliphatic rings. The van der Waals surface area contributed by atoms with Crippen LogP contribution in [0.5, 0.6) is 0 Å². The molecule has 0 saturated heterocycles. The highest BCUT2D eigenvalue weighted by atomic mass is 35.5. The van der Waals surface area contributed by atoms with Crippen LogP contribution >= 0.6 is 11.6 Å². The Balaban J connectivity index is 2.91. The molecule has 4 nitrogen and oxygen atoms in total. The van der Waals surface area contributed by atoms with Crippen LogP contribution in [0, 0.1) is 11.3 Å². The van der Waals surface area contributed by atoms with E-state index < -0.39 is 5.54 Å². The van der Waals surface area contributed by atoms with Crippen LogP contribution in [0.2, 0.25) is 5.02 Å². The summed E-state index contributed by atoms with van der Waals surface area (Å²) in [6.45, 7) is 3.53. The number of nitrogens with one attached hydrogen (secondary N) is 2. The van der Waals surface area contributed by atoms with Crippen molar-refractivity contribution in [3.63, 3.8) is 0 Å². The quantitative estimate of drug-likeness (QED) is 0.865. The Morgan fingerprint density at radius 2 is 2.12 bits per heavy atom. The number of hydrogen-bond donors (Lipinski definition) is 2. The van der Waals surface area contributed by atoms with E-state index in [0.29, 0.717) is 16.3 Å². The van der Waals surface area contributed by atoms with Crippen molar-refractivity contribution >= 4 is 23.2 Å². The highest BCUT2D eigenvalue weighted by Crippen LogP contribution is 2.23. The van der Waals surface area contributed by atoms with E-state index in [2.05, 4.69) is 10.6 Å². The molecule has 0 atom stereocenters. The maximum Gasteiger partial charge on any atom is 0.244 e. The Labute approximate surface area is 106 Å². The van der Waals surface area contributed by atoms with Gasteiger partial charge in [0.25, 0.3) is 0 Å². The number of benzene rings is 1. The predicted octanol–water partition coefficient (Wildman–Crippen LogP) is 2.15. The summed E-state index contributed by atoms with van der Waals surface area (Å²) in [5.41, 5.74) is 0.275. The molecule has 0 aromatic heterocycles. The van der Waals surface area contributed by atoms with Crippen molar-refractivity contribution in [3.05, 3.63) is 28.8 Å². The summed E-state index contributed by atoms with van der Waals surface area (Å²) in [5, 5.41) is 14.7. The molecule has 1 aromatic rings. The Kier molecular flexibility index (Phi) is 4.11. The third-order valence-electron chi connectivity index (χ3n) is 2.54. The summed E-state index contributed by atoms with van der Waals surface area (Å²) in [6, 6.07) is 6.72. The van der Waals surface area contributed by atoms with E-state index in [0.717, 1.165) is 0 Å². The highest BCUT2D eigenvalue weighted by Gasteiger charge is 2.25. The second-order valence-electron chi connectivity index (χ2n) is 4.14. The van der Waals surface area contributed by atoms with Crippen molar-refractivity contribution in [2.24, 2.45) is 0 Å². The van der Waals surface area contributed by atoms with Gasteiger partial charge in [-0.25, -0.2) is 0 Å². The molecule has 5 heteroatoms. The molecule has 0 aliphatic heterocycles. The van der Waals surface area contributed by atoms with Gasteiger partial charge in [0.2, 0.25) is 5.91 Å². The molecule has 1 rings (SSSR count). The summed E-state index contributed by atoms with van der Waals surface area (Å²) < 4.78 is 0. The molecule has 1 aromatic carbocycles. The van der Waals surface area contributed by atoms with Gasteiger partial charge >= 0.3 is 0 Å². The molecule has 0 bridgehead atoms. The summed E-state index contributed by atoms with van der Waals surface area (Å²) in [5.74, 6) is -0.188. The maximum atomic E-state index is 11.9.